The quantitative estimate of drug-likeness (QED) is 0.437. The summed E-state index contributed by atoms with van der Waals surface area (Å²) < 4.78 is 5.86. The van der Waals surface area contributed by atoms with Gasteiger partial charge in [0, 0.05) is 10.8 Å². The molecule has 0 fully saturated rings. The fraction of sp³-hybridized carbons (Fsp3) is 0.857. The van der Waals surface area contributed by atoms with Crippen LogP contribution in [0, 0.1) is 0 Å². The van der Waals surface area contributed by atoms with E-state index in [2.05, 4.69) is 22.6 Å². The monoisotopic (exact) mass is 256 g/mol. The van der Waals surface area contributed by atoms with E-state index >= 15 is 0 Å². The van der Waals surface area contributed by atoms with E-state index in [-0.39, 0.29) is 12.1 Å². The summed E-state index contributed by atoms with van der Waals surface area (Å²) in [6, 6.07) is 0. The third kappa shape index (κ3) is 5.02. The van der Waals surface area contributed by atoms with E-state index in [1.807, 2.05) is 13.8 Å². The Bertz CT molecular complexity index is 104. The smallest absolute Gasteiger partial charge is 0.306 e. The first kappa shape index (κ1) is 10.2. The summed E-state index contributed by atoms with van der Waals surface area (Å²) in [5.74, 6) is -0.0772. The van der Waals surface area contributed by atoms with Crippen molar-refractivity contribution in [2.45, 2.75) is 32.8 Å². The molecule has 10 heavy (non-hydrogen) atoms. The Hall–Kier alpha value is 0.200. The lowest BCUT2D eigenvalue weighted by Gasteiger charge is -2.08. The predicted octanol–water partition coefficient (Wildman–Crippen LogP) is 2.15. The molecule has 0 heterocycles. The largest absolute Gasteiger partial charge is 0.462 e. The van der Waals surface area contributed by atoms with E-state index in [9.17, 15) is 4.79 Å². The minimum Gasteiger partial charge on any atom is -0.462 e. The maximum atomic E-state index is 10.8. The fourth-order valence-corrected chi connectivity index (χ4v) is 0.699. The Labute approximate surface area is 75.5 Å². The molecular formula is C7H13IO2. The highest BCUT2D eigenvalue weighted by molar-refractivity contribution is 14.1. The average Bonchev–Trinajstić information content (AvgIpc) is 1.88. The molecule has 0 bridgehead atoms. The summed E-state index contributed by atoms with van der Waals surface area (Å²) in [6.45, 7) is 3.87. The molecule has 0 aromatic carbocycles. The minimum absolute atomic E-state index is 0.0691. The van der Waals surface area contributed by atoms with Crippen LogP contribution in [0.1, 0.15) is 26.7 Å². The van der Waals surface area contributed by atoms with Gasteiger partial charge in [-0.3, -0.25) is 4.79 Å². The standard InChI is InChI=1S/C7H13IO2/c1-3-4-7(9)10-6(2)5-8/h6H,3-5H2,1-2H3. The number of ether oxygens (including phenoxy) is 1. The SMILES string of the molecule is CCCC(=O)OC(C)CI. The maximum Gasteiger partial charge on any atom is 0.306 e. The van der Waals surface area contributed by atoms with Crippen molar-refractivity contribution in [3.05, 3.63) is 0 Å². The van der Waals surface area contributed by atoms with E-state index < -0.39 is 0 Å². The van der Waals surface area contributed by atoms with Crippen molar-refractivity contribution in [3.63, 3.8) is 0 Å². The van der Waals surface area contributed by atoms with Crippen LogP contribution in [0.4, 0.5) is 0 Å². The zero-order valence-corrected chi connectivity index (χ0v) is 8.55. The summed E-state index contributed by atoms with van der Waals surface area (Å²) in [7, 11) is 0. The van der Waals surface area contributed by atoms with Gasteiger partial charge in [0.05, 0.1) is 0 Å². The Kier molecular flexibility index (Phi) is 6.06. The first-order valence-electron chi connectivity index (χ1n) is 3.46. The lowest BCUT2D eigenvalue weighted by molar-refractivity contribution is -0.147. The van der Waals surface area contributed by atoms with Crippen molar-refractivity contribution in [1.82, 2.24) is 0 Å². The van der Waals surface area contributed by atoms with Crippen LogP contribution in [0.25, 0.3) is 0 Å². The predicted molar refractivity (Wildman–Crippen MR) is 49.3 cm³/mol. The van der Waals surface area contributed by atoms with Crippen LogP contribution in [0.3, 0.4) is 0 Å². The van der Waals surface area contributed by atoms with Gasteiger partial charge < -0.3 is 4.74 Å². The van der Waals surface area contributed by atoms with Crippen LogP contribution in [0.5, 0.6) is 0 Å². The third-order valence-electron chi connectivity index (χ3n) is 1.00. The van der Waals surface area contributed by atoms with Crippen molar-refractivity contribution in [1.29, 1.82) is 0 Å². The Morgan fingerprint density at radius 1 is 1.70 bits per heavy atom. The van der Waals surface area contributed by atoms with Crippen LogP contribution >= 0.6 is 22.6 Å². The second-order valence-electron chi connectivity index (χ2n) is 2.20. The number of carbonyl (C=O) groups is 1. The topological polar surface area (TPSA) is 26.3 Å². The molecule has 0 rings (SSSR count). The molecule has 0 aliphatic heterocycles. The van der Waals surface area contributed by atoms with Crippen molar-refractivity contribution in [2.24, 2.45) is 0 Å². The van der Waals surface area contributed by atoms with Crippen LogP contribution < -0.4 is 0 Å². The molecule has 0 aliphatic carbocycles. The Morgan fingerprint density at radius 3 is 2.70 bits per heavy atom. The van der Waals surface area contributed by atoms with Crippen LogP contribution in [-0.4, -0.2) is 16.5 Å². The van der Waals surface area contributed by atoms with Gasteiger partial charge in [-0.15, -0.1) is 0 Å². The summed E-state index contributed by atoms with van der Waals surface area (Å²) in [6.07, 6.45) is 1.48. The zero-order chi connectivity index (χ0) is 7.98. The molecule has 0 aliphatic rings. The second kappa shape index (κ2) is 5.95. The first-order valence-corrected chi connectivity index (χ1v) is 4.98. The molecule has 0 saturated heterocycles. The third-order valence-corrected chi connectivity index (χ3v) is 2.24. The molecule has 60 valence electrons. The number of carbonyl (C=O) groups excluding carboxylic acids is 1. The molecule has 0 spiro atoms. The number of esters is 1. The van der Waals surface area contributed by atoms with Gasteiger partial charge in [0.25, 0.3) is 0 Å². The number of halogens is 1. The molecular weight excluding hydrogens is 243 g/mol. The highest BCUT2D eigenvalue weighted by Gasteiger charge is 2.05. The van der Waals surface area contributed by atoms with Gasteiger partial charge in [-0.25, -0.2) is 0 Å². The number of alkyl halides is 1. The van der Waals surface area contributed by atoms with Gasteiger partial charge in [-0.1, -0.05) is 29.5 Å². The molecule has 3 heteroatoms. The molecule has 1 unspecified atom stereocenters. The summed E-state index contributed by atoms with van der Waals surface area (Å²) in [4.78, 5) is 10.8. The van der Waals surface area contributed by atoms with Crippen LogP contribution in [0.2, 0.25) is 0 Å². The Morgan fingerprint density at radius 2 is 2.30 bits per heavy atom. The molecule has 1 atom stereocenters. The van der Waals surface area contributed by atoms with Gasteiger partial charge in [0.2, 0.25) is 0 Å². The van der Waals surface area contributed by atoms with Gasteiger partial charge in [0.1, 0.15) is 6.10 Å². The van der Waals surface area contributed by atoms with E-state index in [4.69, 9.17) is 4.74 Å². The normalized spacial score (nSPS) is 12.7. The average molecular weight is 256 g/mol. The van der Waals surface area contributed by atoms with E-state index in [1.54, 1.807) is 0 Å². The summed E-state index contributed by atoms with van der Waals surface area (Å²) in [5, 5.41) is 0. The lowest BCUT2D eigenvalue weighted by Crippen LogP contribution is -2.15. The molecule has 0 saturated carbocycles. The van der Waals surface area contributed by atoms with Crippen LogP contribution in [-0.2, 0) is 9.53 Å². The number of hydrogen-bond donors (Lipinski definition) is 0. The fourth-order valence-electron chi connectivity index (χ4n) is 0.519. The molecule has 0 aromatic rings. The molecule has 0 N–H and O–H groups in total. The van der Waals surface area contributed by atoms with Gasteiger partial charge in [0.15, 0.2) is 0 Å². The van der Waals surface area contributed by atoms with E-state index in [1.165, 1.54) is 0 Å². The lowest BCUT2D eigenvalue weighted by atomic mass is 10.3. The Balaban J connectivity index is 3.37. The molecule has 0 aromatic heterocycles. The van der Waals surface area contributed by atoms with Gasteiger partial charge in [-0.2, -0.15) is 0 Å². The number of hydrogen-bond acceptors (Lipinski definition) is 2. The van der Waals surface area contributed by atoms with E-state index in [0.29, 0.717) is 6.42 Å². The molecule has 2 nitrogen and oxygen atoms in total. The van der Waals surface area contributed by atoms with Crippen molar-refractivity contribution in [2.75, 3.05) is 4.43 Å². The minimum atomic E-state index is -0.0772. The zero-order valence-electron chi connectivity index (χ0n) is 6.39. The maximum absolute atomic E-state index is 10.8. The van der Waals surface area contributed by atoms with Gasteiger partial charge in [-0.05, 0) is 13.3 Å². The van der Waals surface area contributed by atoms with Crippen molar-refractivity contribution < 1.29 is 9.53 Å². The second-order valence-corrected chi connectivity index (χ2v) is 3.09. The highest BCUT2D eigenvalue weighted by atomic mass is 127. The van der Waals surface area contributed by atoms with E-state index in [0.717, 1.165) is 10.8 Å². The van der Waals surface area contributed by atoms with Crippen LogP contribution in [0.15, 0.2) is 0 Å². The molecule has 0 amide bonds. The van der Waals surface area contributed by atoms with Crippen molar-refractivity contribution in [3.8, 4) is 0 Å². The number of rotatable bonds is 4. The van der Waals surface area contributed by atoms with Gasteiger partial charge >= 0.3 is 5.97 Å². The summed E-state index contributed by atoms with van der Waals surface area (Å²) >= 11 is 2.20. The first-order chi connectivity index (χ1) is 4.70. The van der Waals surface area contributed by atoms with Crippen molar-refractivity contribution >= 4 is 28.6 Å². The molecule has 0 radical (unpaired) electrons. The highest BCUT2D eigenvalue weighted by Crippen LogP contribution is 1.99. The summed E-state index contributed by atoms with van der Waals surface area (Å²) in [5.41, 5.74) is 0.